The van der Waals surface area contributed by atoms with Crippen LogP contribution < -0.4 is 0 Å². The SMILES string of the molecule is c1ccc(-c2cc(-c3nc(-c4ccccc4)nc(-c4ccc5ccccc5c4)n3)cc(-c3cc4c5ccccc5c5ccccc5c4c4ccccc34)c2)cc1. The first-order chi connectivity index (χ1) is 27.7. The van der Waals surface area contributed by atoms with E-state index in [0.717, 1.165) is 38.8 Å². The van der Waals surface area contributed by atoms with E-state index in [2.05, 4.69) is 182 Å². The van der Waals surface area contributed by atoms with Crippen LogP contribution >= 0.6 is 0 Å². The van der Waals surface area contributed by atoms with Crippen molar-refractivity contribution >= 4 is 53.9 Å². The molecule has 11 aromatic rings. The molecule has 0 saturated heterocycles. The van der Waals surface area contributed by atoms with Crippen LogP contribution in [-0.4, -0.2) is 15.0 Å². The number of rotatable bonds is 5. The number of hydrogen-bond acceptors (Lipinski definition) is 3. The number of aromatic nitrogens is 3. The van der Waals surface area contributed by atoms with Gasteiger partial charge in [-0.25, -0.2) is 15.0 Å². The van der Waals surface area contributed by atoms with Crippen molar-refractivity contribution in [3.05, 3.63) is 200 Å². The van der Waals surface area contributed by atoms with Crippen LogP contribution in [0.2, 0.25) is 0 Å². The largest absolute Gasteiger partial charge is 0.208 e. The Morgan fingerprint density at radius 1 is 0.232 bits per heavy atom. The van der Waals surface area contributed by atoms with Gasteiger partial charge in [0.25, 0.3) is 0 Å². The van der Waals surface area contributed by atoms with Crippen LogP contribution in [0.4, 0.5) is 0 Å². The van der Waals surface area contributed by atoms with Gasteiger partial charge in [0.15, 0.2) is 17.5 Å². The van der Waals surface area contributed by atoms with Crippen molar-refractivity contribution < 1.29 is 0 Å². The highest BCUT2D eigenvalue weighted by atomic mass is 15.0. The molecule has 3 heteroatoms. The number of nitrogens with zero attached hydrogens (tertiary/aromatic N) is 3. The summed E-state index contributed by atoms with van der Waals surface area (Å²) < 4.78 is 0. The Labute approximate surface area is 324 Å². The van der Waals surface area contributed by atoms with E-state index in [-0.39, 0.29) is 0 Å². The summed E-state index contributed by atoms with van der Waals surface area (Å²) in [5.41, 5.74) is 7.31. The minimum atomic E-state index is 0.627. The third-order valence-electron chi connectivity index (χ3n) is 11.0. The van der Waals surface area contributed by atoms with Crippen LogP contribution in [-0.2, 0) is 0 Å². The van der Waals surface area contributed by atoms with Gasteiger partial charge in [0.1, 0.15) is 0 Å². The van der Waals surface area contributed by atoms with Crippen LogP contribution in [0.3, 0.4) is 0 Å². The van der Waals surface area contributed by atoms with Crippen molar-refractivity contribution in [1.29, 1.82) is 0 Å². The minimum absolute atomic E-state index is 0.627. The Hall–Kier alpha value is -7.49. The first kappa shape index (κ1) is 32.0. The Morgan fingerprint density at radius 3 is 1.39 bits per heavy atom. The highest BCUT2D eigenvalue weighted by molar-refractivity contribution is 6.33. The highest BCUT2D eigenvalue weighted by Gasteiger charge is 2.18. The van der Waals surface area contributed by atoms with Crippen molar-refractivity contribution in [3.63, 3.8) is 0 Å². The standard InChI is InChI=1S/C53H33N3/c1-3-15-34(16-4-1)39-30-40(48-33-49-44-23-10-9-21-42(44)43-22-11-13-25-46(43)50(49)47-26-14-12-24-45(47)48)32-41(31-39)53-55-51(36-18-5-2-6-19-36)54-52(56-53)38-28-27-35-17-7-8-20-37(35)29-38/h1-33H. The van der Waals surface area contributed by atoms with Gasteiger partial charge in [-0.15, -0.1) is 0 Å². The zero-order chi connectivity index (χ0) is 37.0. The first-order valence-electron chi connectivity index (χ1n) is 19.0. The average molecular weight is 712 g/mol. The zero-order valence-electron chi connectivity index (χ0n) is 30.4. The summed E-state index contributed by atoms with van der Waals surface area (Å²) in [6.07, 6.45) is 0. The first-order valence-corrected chi connectivity index (χ1v) is 19.0. The second-order valence-corrected chi connectivity index (χ2v) is 14.4. The summed E-state index contributed by atoms with van der Waals surface area (Å²) in [5.74, 6) is 1.91. The van der Waals surface area contributed by atoms with Gasteiger partial charge in [-0.1, -0.05) is 170 Å². The molecule has 0 amide bonds. The molecular formula is C53H33N3. The molecule has 0 aliphatic heterocycles. The molecule has 1 heterocycles. The fraction of sp³-hybridized carbons (Fsp3) is 0. The average Bonchev–Trinajstić information content (AvgIpc) is 3.28. The maximum Gasteiger partial charge on any atom is 0.164 e. The molecule has 0 unspecified atom stereocenters. The molecule has 0 bridgehead atoms. The molecule has 260 valence electrons. The van der Waals surface area contributed by atoms with E-state index in [4.69, 9.17) is 15.0 Å². The van der Waals surface area contributed by atoms with Crippen molar-refractivity contribution in [1.82, 2.24) is 15.0 Å². The summed E-state index contributed by atoms with van der Waals surface area (Å²) in [7, 11) is 0. The van der Waals surface area contributed by atoms with E-state index >= 15 is 0 Å². The van der Waals surface area contributed by atoms with Gasteiger partial charge in [0.2, 0.25) is 0 Å². The Balaban J connectivity index is 1.20. The third-order valence-corrected chi connectivity index (χ3v) is 11.0. The molecule has 0 spiro atoms. The normalized spacial score (nSPS) is 11.6. The zero-order valence-corrected chi connectivity index (χ0v) is 30.4. The van der Waals surface area contributed by atoms with Gasteiger partial charge in [-0.3, -0.25) is 0 Å². The van der Waals surface area contributed by atoms with Crippen LogP contribution in [0.25, 0.3) is 110 Å². The van der Waals surface area contributed by atoms with Crippen LogP contribution in [0, 0.1) is 0 Å². The molecule has 10 aromatic carbocycles. The molecule has 11 rings (SSSR count). The maximum atomic E-state index is 5.24. The van der Waals surface area contributed by atoms with Crippen molar-refractivity contribution in [2.45, 2.75) is 0 Å². The number of benzene rings is 10. The van der Waals surface area contributed by atoms with Gasteiger partial charge in [0, 0.05) is 16.7 Å². The summed E-state index contributed by atoms with van der Waals surface area (Å²) in [4.78, 5) is 15.5. The van der Waals surface area contributed by atoms with Crippen molar-refractivity contribution in [2.24, 2.45) is 0 Å². The summed E-state index contributed by atoms with van der Waals surface area (Å²) in [6, 6.07) is 71.3. The lowest BCUT2D eigenvalue weighted by atomic mass is 9.86. The van der Waals surface area contributed by atoms with Crippen LogP contribution in [0.5, 0.6) is 0 Å². The smallest absolute Gasteiger partial charge is 0.164 e. The summed E-state index contributed by atoms with van der Waals surface area (Å²) in [6.45, 7) is 0. The monoisotopic (exact) mass is 711 g/mol. The number of hydrogen-bond donors (Lipinski definition) is 0. The van der Waals surface area contributed by atoms with E-state index in [1.54, 1.807) is 0 Å². The molecule has 0 aliphatic rings. The summed E-state index contributed by atoms with van der Waals surface area (Å²) in [5, 5.41) is 12.3. The molecule has 0 radical (unpaired) electrons. The van der Waals surface area contributed by atoms with E-state index in [0.29, 0.717) is 17.5 Å². The van der Waals surface area contributed by atoms with Gasteiger partial charge in [-0.05, 0) is 106 Å². The highest BCUT2D eigenvalue weighted by Crippen LogP contribution is 2.44. The van der Waals surface area contributed by atoms with Crippen LogP contribution in [0.15, 0.2) is 200 Å². The lowest BCUT2D eigenvalue weighted by Gasteiger charge is -2.17. The van der Waals surface area contributed by atoms with Crippen molar-refractivity contribution in [2.75, 3.05) is 0 Å². The Morgan fingerprint density at radius 2 is 0.696 bits per heavy atom. The summed E-state index contributed by atoms with van der Waals surface area (Å²) >= 11 is 0. The van der Waals surface area contributed by atoms with Gasteiger partial charge >= 0.3 is 0 Å². The minimum Gasteiger partial charge on any atom is -0.208 e. The fourth-order valence-corrected chi connectivity index (χ4v) is 8.39. The van der Waals surface area contributed by atoms with Crippen LogP contribution in [0.1, 0.15) is 0 Å². The third kappa shape index (κ3) is 5.40. The number of fused-ring (bicyclic) bond motifs is 9. The topological polar surface area (TPSA) is 38.7 Å². The molecule has 56 heavy (non-hydrogen) atoms. The van der Waals surface area contributed by atoms with E-state index in [1.807, 2.05) is 18.2 Å². The predicted octanol–water partition coefficient (Wildman–Crippen LogP) is 14.0. The lowest BCUT2D eigenvalue weighted by molar-refractivity contribution is 1.07. The Kier molecular flexibility index (Phi) is 7.49. The molecule has 1 aromatic heterocycles. The molecule has 0 saturated carbocycles. The van der Waals surface area contributed by atoms with Gasteiger partial charge in [0.05, 0.1) is 0 Å². The second-order valence-electron chi connectivity index (χ2n) is 14.4. The quantitative estimate of drug-likeness (QED) is 0.167. The maximum absolute atomic E-state index is 5.24. The predicted molar refractivity (Wildman–Crippen MR) is 235 cm³/mol. The molecule has 3 nitrogen and oxygen atoms in total. The van der Waals surface area contributed by atoms with E-state index in [9.17, 15) is 0 Å². The molecule has 0 aliphatic carbocycles. The lowest BCUT2D eigenvalue weighted by Crippen LogP contribution is -2.00. The molecular weight excluding hydrogens is 679 g/mol. The van der Waals surface area contributed by atoms with E-state index < -0.39 is 0 Å². The Bertz CT molecular complexity index is 3300. The molecule has 0 fully saturated rings. The van der Waals surface area contributed by atoms with Gasteiger partial charge in [-0.2, -0.15) is 0 Å². The van der Waals surface area contributed by atoms with Crippen molar-refractivity contribution in [3.8, 4) is 56.4 Å². The van der Waals surface area contributed by atoms with Gasteiger partial charge < -0.3 is 0 Å². The van der Waals surface area contributed by atoms with E-state index in [1.165, 1.54) is 54.0 Å². The molecule has 0 N–H and O–H groups in total. The second kappa shape index (κ2) is 13.1. The fourth-order valence-electron chi connectivity index (χ4n) is 8.39. The molecule has 0 atom stereocenters.